The van der Waals surface area contributed by atoms with Crippen molar-refractivity contribution in [2.24, 2.45) is 7.05 Å². The highest BCUT2D eigenvalue weighted by Gasteiger charge is 2.40. The van der Waals surface area contributed by atoms with E-state index in [9.17, 15) is 9.90 Å². The van der Waals surface area contributed by atoms with Crippen LogP contribution < -0.4 is 5.32 Å². The number of amides is 1. The van der Waals surface area contributed by atoms with Gasteiger partial charge in [0.15, 0.2) is 0 Å². The molecule has 2 fully saturated rings. The van der Waals surface area contributed by atoms with Crippen LogP contribution in [0, 0.1) is 0 Å². The van der Waals surface area contributed by atoms with Gasteiger partial charge >= 0.3 is 0 Å². The monoisotopic (exact) mass is 425 g/mol. The summed E-state index contributed by atoms with van der Waals surface area (Å²) in [7, 11) is 3.97. The van der Waals surface area contributed by atoms with E-state index in [-0.39, 0.29) is 23.5 Å². The van der Waals surface area contributed by atoms with Gasteiger partial charge in [-0.3, -0.25) is 14.4 Å². The van der Waals surface area contributed by atoms with Crippen LogP contribution in [0.5, 0.6) is 0 Å². The summed E-state index contributed by atoms with van der Waals surface area (Å²) in [5.41, 5.74) is 1.64. The average Bonchev–Trinajstić information content (AvgIpc) is 3.15. The molecule has 4 rings (SSSR count). The number of rotatable bonds is 5. The molecule has 7 heteroatoms. The summed E-state index contributed by atoms with van der Waals surface area (Å²) in [5, 5.41) is 18.3. The number of benzene rings is 1. The van der Waals surface area contributed by atoms with Crippen LogP contribution in [0.3, 0.4) is 0 Å². The van der Waals surface area contributed by atoms with E-state index in [1.165, 1.54) is 5.56 Å². The van der Waals surface area contributed by atoms with Crippen molar-refractivity contribution < 1.29 is 9.90 Å². The van der Waals surface area contributed by atoms with Crippen LogP contribution in [0.15, 0.2) is 42.7 Å². The SMILES string of the molecule is CN1CCN([C@H]2CC[C@](CNC(=O)c3cnn(C)c3)(c3ccccc3)CC[C@@H]2O)CC1. The molecule has 1 amide bonds. The van der Waals surface area contributed by atoms with Gasteiger partial charge in [-0.1, -0.05) is 30.3 Å². The van der Waals surface area contributed by atoms with Crippen LogP contribution in [0.1, 0.15) is 41.6 Å². The number of aromatic nitrogens is 2. The fraction of sp³-hybridized carbons (Fsp3) is 0.583. The Morgan fingerprint density at radius 2 is 1.84 bits per heavy atom. The quantitative estimate of drug-likeness (QED) is 0.713. The number of aliphatic hydroxyl groups is 1. The predicted octanol–water partition coefficient (Wildman–Crippen LogP) is 1.64. The number of aryl methyl sites for hydroxylation is 1. The number of hydrogen-bond acceptors (Lipinski definition) is 5. The van der Waals surface area contributed by atoms with Crippen LogP contribution in [0.25, 0.3) is 0 Å². The lowest BCUT2D eigenvalue weighted by Gasteiger charge is -2.39. The molecule has 3 atom stereocenters. The molecule has 1 aliphatic heterocycles. The van der Waals surface area contributed by atoms with Gasteiger partial charge in [0.25, 0.3) is 5.91 Å². The Labute approximate surface area is 185 Å². The van der Waals surface area contributed by atoms with Crippen LogP contribution in [0.2, 0.25) is 0 Å². The maximum Gasteiger partial charge on any atom is 0.254 e. The van der Waals surface area contributed by atoms with Crippen molar-refractivity contribution in [1.29, 1.82) is 0 Å². The number of nitrogens with zero attached hydrogens (tertiary/aromatic N) is 4. The summed E-state index contributed by atoms with van der Waals surface area (Å²) in [6.45, 7) is 4.68. The molecular weight excluding hydrogens is 390 g/mol. The van der Waals surface area contributed by atoms with Gasteiger partial charge in [0.1, 0.15) is 0 Å². The Bertz CT molecular complexity index is 862. The van der Waals surface area contributed by atoms with Gasteiger partial charge in [0, 0.05) is 57.4 Å². The molecule has 0 bridgehead atoms. The minimum Gasteiger partial charge on any atom is -0.391 e. The number of carbonyl (C=O) groups excluding carboxylic acids is 1. The molecule has 0 unspecified atom stereocenters. The normalized spacial score (nSPS) is 28.2. The van der Waals surface area contributed by atoms with Gasteiger partial charge in [-0.05, 0) is 38.3 Å². The van der Waals surface area contributed by atoms with Crippen LogP contribution in [-0.4, -0.2) is 82.5 Å². The summed E-state index contributed by atoms with van der Waals surface area (Å²) >= 11 is 0. The number of piperazine rings is 1. The summed E-state index contributed by atoms with van der Waals surface area (Å²) in [6, 6.07) is 10.7. The van der Waals surface area contributed by atoms with Gasteiger partial charge in [0.05, 0.1) is 17.9 Å². The molecule has 0 radical (unpaired) electrons. The highest BCUT2D eigenvalue weighted by atomic mass is 16.3. The number of likely N-dealkylation sites (N-methyl/N-ethyl adjacent to an activating group) is 1. The Morgan fingerprint density at radius 3 is 2.52 bits per heavy atom. The van der Waals surface area contributed by atoms with Crippen LogP contribution in [-0.2, 0) is 12.5 Å². The van der Waals surface area contributed by atoms with Crippen molar-refractivity contribution in [2.45, 2.75) is 43.2 Å². The molecule has 1 aromatic carbocycles. The second kappa shape index (κ2) is 9.51. The van der Waals surface area contributed by atoms with E-state index in [4.69, 9.17) is 0 Å². The molecule has 2 heterocycles. The Balaban J connectivity index is 1.52. The zero-order chi connectivity index (χ0) is 21.8. The minimum atomic E-state index is -0.331. The molecule has 1 aliphatic carbocycles. The summed E-state index contributed by atoms with van der Waals surface area (Å²) in [6.07, 6.45) is 6.49. The molecule has 168 valence electrons. The first-order valence-electron chi connectivity index (χ1n) is 11.4. The van der Waals surface area contributed by atoms with Crippen LogP contribution in [0.4, 0.5) is 0 Å². The molecule has 2 aromatic rings. The van der Waals surface area contributed by atoms with Crippen molar-refractivity contribution >= 4 is 5.91 Å². The highest BCUT2D eigenvalue weighted by Crippen LogP contribution is 2.39. The first-order chi connectivity index (χ1) is 15.0. The van der Waals surface area contributed by atoms with E-state index in [0.717, 1.165) is 51.9 Å². The lowest BCUT2D eigenvalue weighted by Crippen LogP contribution is -2.52. The average molecular weight is 426 g/mol. The Kier molecular flexibility index (Phi) is 6.74. The first-order valence-corrected chi connectivity index (χ1v) is 11.4. The summed E-state index contributed by atoms with van der Waals surface area (Å²) in [5.74, 6) is -0.0937. The van der Waals surface area contributed by atoms with Gasteiger partial charge in [-0.2, -0.15) is 5.10 Å². The third-order valence-electron chi connectivity index (χ3n) is 7.23. The topological polar surface area (TPSA) is 73.6 Å². The molecule has 31 heavy (non-hydrogen) atoms. The Hall–Kier alpha value is -2.22. The van der Waals surface area contributed by atoms with Crippen molar-refractivity contribution in [1.82, 2.24) is 24.9 Å². The molecule has 0 spiro atoms. The molecule has 1 saturated heterocycles. The van der Waals surface area contributed by atoms with Gasteiger partial charge in [-0.25, -0.2) is 0 Å². The van der Waals surface area contributed by atoms with Crippen molar-refractivity contribution in [3.8, 4) is 0 Å². The maximum absolute atomic E-state index is 12.7. The number of nitrogens with one attached hydrogen (secondary N) is 1. The van der Waals surface area contributed by atoms with Crippen LogP contribution >= 0.6 is 0 Å². The van der Waals surface area contributed by atoms with E-state index in [2.05, 4.69) is 51.5 Å². The fourth-order valence-corrected chi connectivity index (χ4v) is 5.19. The fourth-order valence-electron chi connectivity index (χ4n) is 5.19. The van der Waals surface area contributed by atoms with Crippen molar-refractivity contribution in [3.63, 3.8) is 0 Å². The van der Waals surface area contributed by atoms with Crippen molar-refractivity contribution in [2.75, 3.05) is 39.8 Å². The first kappa shape index (κ1) is 22.0. The zero-order valence-electron chi connectivity index (χ0n) is 18.7. The van der Waals surface area contributed by atoms with E-state index >= 15 is 0 Å². The molecule has 2 aliphatic rings. The van der Waals surface area contributed by atoms with E-state index in [1.807, 2.05) is 13.1 Å². The number of aliphatic hydroxyl groups excluding tert-OH is 1. The maximum atomic E-state index is 12.7. The molecule has 1 aromatic heterocycles. The summed E-state index contributed by atoms with van der Waals surface area (Å²) < 4.78 is 1.64. The second-order valence-corrected chi connectivity index (χ2v) is 9.28. The van der Waals surface area contributed by atoms with E-state index in [1.54, 1.807) is 17.1 Å². The largest absolute Gasteiger partial charge is 0.391 e. The van der Waals surface area contributed by atoms with Gasteiger partial charge in [-0.15, -0.1) is 0 Å². The highest BCUT2D eigenvalue weighted by molar-refractivity contribution is 5.93. The molecule has 1 saturated carbocycles. The van der Waals surface area contributed by atoms with Crippen molar-refractivity contribution in [3.05, 3.63) is 53.9 Å². The van der Waals surface area contributed by atoms with E-state index < -0.39 is 0 Å². The van der Waals surface area contributed by atoms with E-state index in [0.29, 0.717) is 12.1 Å². The third-order valence-corrected chi connectivity index (χ3v) is 7.23. The number of carbonyl (C=O) groups is 1. The molecular formula is C24H35N5O2. The zero-order valence-corrected chi connectivity index (χ0v) is 18.7. The smallest absolute Gasteiger partial charge is 0.254 e. The minimum absolute atomic E-state index is 0.0937. The standard InChI is InChI=1S/C24H35N5O2/c1-27-12-14-29(15-13-27)21-8-10-24(11-9-22(21)30,20-6-4-3-5-7-20)18-25-23(31)19-16-26-28(2)17-19/h3-7,16-17,21-22,30H,8-15,18H2,1-2H3,(H,25,31)/t21-,22-,24-/m0/s1. The molecule has 7 nitrogen and oxygen atoms in total. The lowest BCUT2D eigenvalue weighted by molar-refractivity contribution is 0.0200. The number of hydrogen-bond donors (Lipinski definition) is 2. The molecule has 2 N–H and O–H groups in total. The van der Waals surface area contributed by atoms with Gasteiger partial charge in [0.2, 0.25) is 0 Å². The second-order valence-electron chi connectivity index (χ2n) is 9.28. The van der Waals surface area contributed by atoms with Gasteiger partial charge < -0.3 is 15.3 Å². The Morgan fingerprint density at radius 1 is 1.13 bits per heavy atom. The predicted molar refractivity (Wildman–Crippen MR) is 121 cm³/mol. The third kappa shape index (κ3) is 5.00. The lowest BCUT2D eigenvalue weighted by atomic mass is 9.74. The summed E-state index contributed by atoms with van der Waals surface area (Å²) in [4.78, 5) is 17.6.